The van der Waals surface area contributed by atoms with Crippen molar-refractivity contribution in [3.63, 3.8) is 0 Å². The number of methoxy groups -OCH3 is 1. The molecule has 4 nitrogen and oxygen atoms in total. The van der Waals surface area contributed by atoms with Crippen molar-refractivity contribution in [1.29, 1.82) is 0 Å². The minimum atomic E-state index is -0.673. The van der Waals surface area contributed by atoms with E-state index in [0.717, 1.165) is 22.2 Å². The second-order valence-corrected chi connectivity index (χ2v) is 7.13. The Balaban J connectivity index is 0.00000155. The van der Waals surface area contributed by atoms with Gasteiger partial charge in [-0.25, -0.2) is 4.39 Å². The summed E-state index contributed by atoms with van der Waals surface area (Å²) >= 11 is 7.71. The first-order valence-electron chi connectivity index (χ1n) is 9.21. The third-order valence-corrected chi connectivity index (χ3v) is 5.23. The SMILES string of the molecule is C=C/C=C(\OC)c1ccc(Cl)c(-c2ccc(NC(=O)c3ccncc3F)s2)c1.CC. The lowest BCUT2D eigenvalue weighted by atomic mass is 10.1. The molecular formula is C23H22ClFN2O2S. The highest BCUT2D eigenvalue weighted by Gasteiger charge is 2.14. The van der Waals surface area contributed by atoms with Crippen LogP contribution in [0.5, 0.6) is 0 Å². The van der Waals surface area contributed by atoms with Crippen LogP contribution in [0.4, 0.5) is 9.39 Å². The number of hydrogen-bond acceptors (Lipinski definition) is 4. The minimum absolute atomic E-state index is 0.0655. The quantitative estimate of drug-likeness (QED) is 0.327. The van der Waals surface area contributed by atoms with Crippen LogP contribution in [0.2, 0.25) is 5.02 Å². The van der Waals surface area contributed by atoms with Gasteiger partial charge in [-0.15, -0.1) is 11.3 Å². The van der Waals surface area contributed by atoms with Gasteiger partial charge in [0, 0.05) is 27.2 Å². The van der Waals surface area contributed by atoms with Crippen molar-refractivity contribution in [2.24, 2.45) is 0 Å². The second kappa shape index (κ2) is 11.3. The zero-order chi connectivity index (χ0) is 22.1. The Hall–Kier alpha value is -2.96. The van der Waals surface area contributed by atoms with Crippen LogP contribution in [-0.4, -0.2) is 18.0 Å². The van der Waals surface area contributed by atoms with E-state index in [9.17, 15) is 9.18 Å². The number of thiophene rings is 1. The van der Waals surface area contributed by atoms with Gasteiger partial charge >= 0.3 is 0 Å². The van der Waals surface area contributed by atoms with Crippen LogP contribution < -0.4 is 5.32 Å². The maximum Gasteiger partial charge on any atom is 0.259 e. The molecule has 0 aliphatic heterocycles. The van der Waals surface area contributed by atoms with Crippen molar-refractivity contribution in [1.82, 2.24) is 4.98 Å². The number of benzene rings is 1. The fourth-order valence-electron chi connectivity index (χ4n) is 2.54. The summed E-state index contributed by atoms with van der Waals surface area (Å²) in [5, 5.41) is 3.84. The Morgan fingerprint density at radius 1 is 1.27 bits per heavy atom. The van der Waals surface area contributed by atoms with E-state index in [0.29, 0.717) is 15.8 Å². The predicted molar refractivity (Wildman–Crippen MR) is 123 cm³/mol. The number of allylic oxidation sites excluding steroid dienone is 2. The Labute approximate surface area is 184 Å². The molecule has 0 bridgehead atoms. The number of nitrogens with zero attached hydrogens (tertiary/aromatic N) is 1. The molecule has 1 amide bonds. The molecule has 0 saturated heterocycles. The van der Waals surface area contributed by atoms with Gasteiger partial charge in [0.25, 0.3) is 5.91 Å². The van der Waals surface area contributed by atoms with E-state index in [1.807, 2.05) is 32.0 Å². The molecule has 1 aromatic carbocycles. The zero-order valence-electron chi connectivity index (χ0n) is 16.9. The smallest absolute Gasteiger partial charge is 0.259 e. The van der Waals surface area contributed by atoms with Crippen LogP contribution in [0.25, 0.3) is 16.2 Å². The summed E-state index contributed by atoms with van der Waals surface area (Å²) in [5.41, 5.74) is 1.58. The van der Waals surface area contributed by atoms with Gasteiger partial charge in [0.2, 0.25) is 0 Å². The number of halogens is 2. The van der Waals surface area contributed by atoms with E-state index in [-0.39, 0.29) is 5.56 Å². The average molecular weight is 445 g/mol. The Morgan fingerprint density at radius 2 is 2.03 bits per heavy atom. The summed E-state index contributed by atoms with van der Waals surface area (Å²) < 4.78 is 19.1. The molecule has 3 aromatic rings. The fourth-order valence-corrected chi connectivity index (χ4v) is 3.75. The normalized spacial score (nSPS) is 10.6. The predicted octanol–water partition coefficient (Wildman–Crippen LogP) is 7.05. The lowest BCUT2D eigenvalue weighted by Gasteiger charge is -2.09. The highest BCUT2D eigenvalue weighted by molar-refractivity contribution is 7.19. The van der Waals surface area contributed by atoms with Crippen LogP contribution in [0, 0.1) is 5.82 Å². The number of nitrogens with one attached hydrogen (secondary N) is 1. The molecule has 7 heteroatoms. The van der Waals surface area contributed by atoms with Gasteiger partial charge in [0.1, 0.15) is 5.76 Å². The van der Waals surface area contributed by atoms with Crippen molar-refractivity contribution >= 4 is 39.6 Å². The molecule has 30 heavy (non-hydrogen) atoms. The molecule has 3 rings (SSSR count). The number of carbonyl (C=O) groups excluding carboxylic acids is 1. The molecule has 0 aliphatic rings. The molecule has 0 spiro atoms. The van der Waals surface area contributed by atoms with Gasteiger partial charge in [-0.1, -0.05) is 38.1 Å². The van der Waals surface area contributed by atoms with E-state index < -0.39 is 11.7 Å². The van der Waals surface area contributed by atoms with Gasteiger partial charge < -0.3 is 10.1 Å². The topological polar surface area (TPSA) is 51.2 Å². The molecule has 0 unspecified atom stereocenters. The molecule has 0 aliphatic carbocycles. The van der Waals surface area contributed by atoms with Crippen LogP contribution in [0.15, 0.2) is 67.5 Å². The summed E-state index contributed by atoms with van der Waals surface area (Å²) in [4.78, 5) is 16.8. The van der Waals surface area contributed by atoms with Crippen LogP contribution in [-0.2, 0) is 4.74 Å². The average Bonchev–Trinajstić information content (AvgIpc) is 3.22. The monoisotopic (exact) mass is 444 g/mol. The van der Waals surface area contributed by atoms with Gasteiger partial charge in [-0.2, -0.15) is 0 Å². The molecule has 0 atom stereocenters. The zero-order valence-corrected chi connectivity index (χ0v) is 18.5. The lowest BCUT2D eigenvalue weighted by Crippen LogP contribution is -2.12. The Morgan fingerprint density at radius 3 is 2.70 bits per heavy atom. The van der Waals surface area contributed by atoms with Gasteiger partial charge in [-0.05, 0) is 42.5 Å². The van der Waals surface area contributed by atoms with Crippen LogP contribution >= 0.6 is 22.9 Å². The summed E-state index contributed by atoms with van der Waals surface area (Å²) in [5.74, 6) is -0.552. The van der Waals surface area contributed by atoms with Crippen molar-refractivity contribution in [3.8, 4) is 10.4 Å². The second-order valence-electron chi connectivity index (χ2n) is 5.64. The first-order valence-corrected chi connectivity index (χ1v) is 10.4. The number of carbonyl (C=O) groups is 1. The van der Waals surface area contributed by atoms with Gasteiger partial charge in [0.05, 0.1) is 23.9 Å². The number of hydrogen-bond donors (Lipinski definition) is 1. The molecule has 2 aromatic heterocycles. The first-order chi connectivity index (χ1) is 14.5. The summed E-state index contributed by atoms with van der Waals surface area (Å²) in [6.07, 6.45) is 5.78. The maximum atomic E-state index is 13.7. The van der Waals surface area contributed by atoms with E-state index >= 15 is 0 Å². The summed E-state index contributed by atoms with van der Waals surface area (Å²) in [6.45, 7) is 7.68. The molecule has 0 fully saturated rings. The fraction of sp³-hybridized carbons (Fsp3) is 0.130. The van der Waals surface area contributed by atoms with E-state index in [1.54, 1.807) is 31.4 Å². The third-order valence-electron chi connectivity index (χ3n) is 3.87. The number of rotatable bonds is 6. The largest absolute Gasteiger partial charge is 0.496 e. The van der Waals surface area contributed by atoms with Crippen LogP contribution in [0.3, 0.4) is 0 Å². The molecular weight excluding hydrogens is 423 g/mol. The summed E-state index contributed by atoms with van der Waals surface area (Å²) in [6, 6.07) is 10.5. The van der Waals surface area contributed by atoms with E-state index in [2.05, 4.69) is 16.9 Å². The van der Waals surface area contributed by atoms with Crippen molar-refractivity contribution in [2.45, 2.75) is 13.8 Å². The highest BCUT2D eigenvalue weighted by Crippen LogP contribution is 2.37. The molecule has 0 radical (unpaired) electrons. The summed E-state index contributed by atoms with van der Waals surface area (Å²) in [7, 11) is 1.58. The third kappa shape index (κ3) is 5.55. The highest BCUT2D eigenvalue weighted by atomic mass is 35.5. The van der Waals surface area contributed by atoms with Crippen LogP contribution in [0.1, 0.15) is 29.8 Å². The number of amides is 1. The Kier molecular flexibility index (Phi) is 8.77. The molecule has 156 valence electrons. The van der Waals surface area contributed by atoms with Gasteiger partial charge in [0.15, 0.2) is 5.82 Å². The molecule has 1 N–H and O–H groups in total. The molecule has 0 saturated carbocycles. The maximum absolute atomic E-state index is 13.7. The van der Waals surface area contributed by atoms with Crippen molar-refractivity contribution in [2.75, 3.05) is 12.4 Å². The number of aromatic nitrogens is 1. The lowest BCUT2D eigenvalue weighted by molar-refractivity contribution is 0.102. The van der Waals surface area contributed by atoms with Crippen molar-refractivity contribution < 1.29 is 13.9 Å². The number of anilines is 1. The molecule has 2 heterocycles. The van der Waals surface area contributed by atoms with Crippen molar-refractivity contribution in [3.05, 3.63) is 89.5 Å². The Bertz CT molecular complexity index is 1060. The minimum Gasteiger partial charge on any atom is -0.496 e. The van der Waals surface area contributed by atoms with Gasteiger partial charge in [-0.3, -0.25) is 9.78 Å². The van der Waals surface area contributed by atoms with E-state index in [4.69, 9.17) is 16.3 Å². The number of pyridine rings is 1. The van der Waals surface area contributed by atoms with E-state index in [1.165, 1.54) is 23.6 Å². The first kappa shape index (κ1) is 23.3. The standard InChI is InChI=1S/C21H16ClFN2O2S.C2H6/c1-3-4-18(27-2)13-5-6-16(22)15(11-13)19-7-8-20(28-19)25-21(26)14-9-10-24-12-17(14)23;1-2/h3-12H,1H2,2H3,(H,25,26);1-2H3/b18-4-;. The number of ether oxygens (including phenoxy) is 1.